The Morgan fingerprint density at radius 1 is 1.78 bits per heavy atom. The fourth-order valence-corrected chi connectivity index (χ4v) is 0.236. The van der Waals surface area contributed by atoms with E-state index in [9.17, 15) is 4.79 Å². The summed E-state index contributed by atoms with van der Waals surface area (Å²) in [5.41, 5.74) is 0. The average Bonchev–Trinajstić information content (AvgIpc) is 1.87. The molecule has 0 radical (unpaired) electrons. The Hall–Kier alpha value is -1.32. The summed E-state index contributed by atoms with van der Waals surface area (Å²) in [6.45, 7) is 3.28. The van der Waals surface area contributed by atoms with Gasteiger partial charge in [-0.05, 0) is 6.08 Å². The fourth-order valence-electron chi connectivity index (χ4n) is 0.236. The van der Waals surface area contributed by atoms with Crippen molar-refractivity contribution >= 4 is 11.9 Å². The SMILES string of the molecule is C=CC(=N)NC(=O)NC. The topological polar surface area (TPSA) is 65.0 Å². The Kier molecular flexibility index (Phi) is 3.12. The number of hydrogen-bond acceptors (Lipinski definition) is 2. The zero-order valence-electron chi connectivity index (χ0n) is 5.19. The highest BCUT2D eigenvalue weighted by Crippen LogP contribution is 1.66. The molecule has 0 aromatic rings. The van der Waals surface area contributed by atoms with Gasteiger partial charge in [0.15, 0.2) is 0 Å². The molecule has 0 bridgehead atoms. The zero-order valence-corrected chi connectivity index (χ0v) is 5.19. The van der Waals surface area contributed by atoms with Crippen LogP contribution in [-0.4, -0.2) is 18.9 Å². The second-order valence-electron chi connectivity index (χ2n) is 1.32. The van der Waals surface area contributed by atoms with Crippen molar-refractivity contribution in [2.45, 2.75) is 0 Å². The first-order chi connectivity index (χ1) is 4.20. The maximum atomic E-state index is 10.4. The largest absolute Gasteiger partial charge is 0.341 e. The Morgan fingerprint density at radius 3 is 2.67 bits per heavy atom. The predicted octanol–water partition coefficient (Wildman–Crippen LogP) is 0.0787. The number of urea groups is 1. The second-order valence-corrected chi connectivity index (χ2v) is 1.32. The smallest absolute Gasteiger partial charge is 0.320 e. The van der Waals surface area contributed by atoms with Gasteiger partial charge in [-0.25, -0.2) is 4.79 Å². The van der Waals surface area contributed by atoms with Crippen molar-refractivity contribution in [2.75, 3.05) is 7.05 Å². The summed E-state index contributed by atoms with van der Waals surface area (Å²) in [7, 11) is 1.48. The van der Waals surface area contributed by atoms with E-state index in [0.29, 0.717) is 0 Å². The summed E-state index contributed by atoms with van der Waals surface area (Å²) in [4.78, 5) is 10.4. The van der Waals surface area contributed by atoms with Crippen LogP contribution >= 0.6 is 0 Å². The highest BCUT2D eigenvalue weighted by Gasteiger charge is 1.94. The first-order valence-electron chi connectivity index (χ1n) is 2.40. The van der Waals surface area contributed by atoms with Gasteiger partial charge in [-0.1, -0.05) is 6.58 Å². The van der Waals surface area contributed by atoms with Crippen LogP contribution in [0.15, 0.2) is 12.7 Å². The summed E-state index contributed by atoms with van der Waals surface area (Å²) >= 11 is 0. The van der Waals surface area contributed by atoms with Gasteiger partial charge in [0.25, 0.3) is 0 Å². The first-order valence-corrected chi connectivity index (χ1v) is 2.40. The lowest BCUT2D eigenvalue weighted by molar-refractivity contribution is 0.247. The van der Waals surface area contributed by atoms with E-state index in [2.05, 4.69) is 17.2 Å². The monoisotopic (exact) mass is 127 g/mol. The molecule has 50 valence electrons. The molecule has 0 saturated heterocycles. The molecule has 2 amide bonds. The molecular weight excluding hydrogens is 118 g/mol. The van der Waals surface area contributed by atoms with Crippen molar-refractivity contribution in [1.29, 1.82) is 5.41 Å². The summed E-state index contributed by atoms with van der Waals surface area (Å²) in [6.07, 6.45) is 1.25. The van der Waals surface area contributed by atoms with Gasteiger partial charge in [-0.2, -0.15) is 0 Å². The molecule has 0 aromatic heterocycles. The molecule has 0 unspecified atom stereocenters. The highest BCUT2D eigenvalue weighted by atomic mass is 16.2. The van der Waals surface area contributed by atoms with Crippen molar-refractivity contribution in [1.82, 2.24) is 10.6 Å². The lowest BCUT2D eigenvalue weighted by Crippen LogP contribution is -2.35. The molecular formula is C5H9N3O. The molecule has 4 nitrogen and oxygen atoms in total. The quantitative estimate of drug-likeness (QED) is 0.339. The number of amides is 2. The molecule has 0 rings (SSSR count). The van der Waals surface area contributed by atoms with Crippen LogP contribution in [0.5, 0.6) is 0 Å². The third kappa shape index (κ3) is 3.28. The highest BCUT2D eigenvalue weighted by molar-refractivity contribution is 6.01. The van der Waals surface area contributed by atoms with Gasteiger partial charge < -0.3 is 5.32 Å². The molecule has 0 atom stereocenters. The molecule has 0 aliphatic heterocycles. The lowest BCUT2D eigenvalue weighted by atomic mass is 10.6. The summed E-state index contributed by atoms with van der Waals surface area (Å²) in [6, 6.07) is -0.403. The van der Waals surface area contributed by atoms with Gasteiger partial charge >= 0.3 is 6.03 Å². The Morgan fingerprint density at radius 2 is 2.33 bits per heavy atom. The molecule has 0 aliphatic carbocycles. The maximum Gasteiger partial charge on any atom is 0.320 e. The molecule has 0 spiro atoms. The molecule has 0 heterocycles. The number of hydrogen-bond donors (Lipinski definition) is 3. The molecule has 4 heteroatoms. The molecule has 0 fully saturated rings. The van der Waals surface area contributed by atoms with Gasteiger partial charge in [-0.15, -0.1) is 0 Å². The van der Waals surface area contributed by atoms with Crippen LogP contribution in [0.4, 0.5) is 4.79 Å². The molecule has 0 saturated carbocycles. The van der Waals surface area contributed by atoms with Crippen LogP contribution < -0.4 is 10.6 Å². The van der Waals surface area contributed by atoms with Crippen molar-refractivity contribution in [2.24, 2.45) is 0 Å². The van der Waals surface area contributed by atoms with Gasteiger partial charge in [0, 0.05) is 7.05 Å². The van der Waals surface area contributed by atoms with Gasteiger partial charge in [-0.3, -0.25) is 10.7 Å². The van der Waals surface area contributed by atoms with E-state index in [4.69, 9.17) is 5.41 Å². The second kappa shape index (κ2) is 3.65. The minimum atomic E-state index is -0.403. The number of amidine groups is 1. The Bertz CT molecular complexity index is 141. The van der Waals surface area contributed by atoms with Crippen LogP contribution in [0, 0.1) is 5.41 Å². The number of rotatable bonds is 1. The van der Waals surface area contributed by atoms with Crippen LogP contribution in [0.2, 0.25) is 0 Å². The molecule has 0 aliphatic rings. The van der Waals surface area contributed by atoms with E-state index in [-0.39, 0.29) is 5.84 Å². The summed E-state index contributed by atoms with van der Waals surface area (Å²) < 4.78 is 0. The lowest BCUT2D eigenvalue weighted by Gasteiger charge is -1.98. The Balaban J connectivity index is 3.59. The standard InChI is InChI=1S/C5H9N3O/c1-3-4(6)8-5(9)7-2/h3H,1H2,2H3,(H3,6,7,8,9). The van der Waals surface area contributed by atoms with E-state index in [1.807, 2.05) is 0 Å². The normalized spacial score (nSPS) is 7.67. The maximum absolute atomic E-state index is 10.4. The van der Waals surface area contributed by atoms with E-state index in [1.54, 1.807) is 0 Å². The van der Waals surface area contributed by atoms with Crippen LogP contribution in [0.1, 0.15) is 0 Å². The van der Waals surface area contributed by atoms with Gasteiger partial charge in [0.05, 0.1) is 0 Å². The van der Waals surface area contributed by atoms with Crippen molar-refractivity contribution in [3.8, 4) is 0 Å². The summed E-state index contributed by atoms with van der Waals surface area (Å²) in [5.74, 6) is -0.00523. The third-order valence-corrected chi connectivity index (χ3v) is 0.679. The number of carbonyl (C=O) groups is 1. The van der Waals surface area contributed by atoms with Crippen molar-refractivity contribution in [3.05, 3.63) is 12.7 Å². The minimum absolute atomic E-state index is 0.00523. The third-order valence-electron chi connectivity index (χ3n) is 0.679. The zero-order chi connectivity index (χ0) is 7.28. The van der Waals surface area contributed by atoms with Gasteiger partial charge in [0.1, 0.15) is 5.84 Å². The van der Waals surface area contributed by atoms with E-state index >= 15 is 0 Å². The minimum Gasteiger partial charge on any atom is -0.341 e. The van der Waals surface area contributed by atoms with E-state index < -0.39 is 6.03 Å². The molecule has 9 heavy (non-hydrogen) atoms. The molecule has 3 N–H and O–H groups in total. The van der Waals surface area contributed by atoms with Gasteiger partial charge in [0.2, 0.25) is 0 Å². The average molecular weight is 127 g/mol. The van der Waals surface area contributed by atoms with Crippen molar-refractivity contribution < 1.29 is 4.79 Å². The number of carbonyl (C=O) groups excluding carboxylic acids is 1. The van der Waals surface area contributed by atoms with Crippen LogP contribution in [-0.2, 0) is 0 Å². The Labute approximate surface area is 53.5 Å². The predicted molar refractivity (Wildman–Crippen MR) is 35.5 cm³/mol. The van der Waals surface area contributed by atoms with E-state index in [0.717, 1.165) is 0 Å². The van der Waals surface area contributed by atoms with E-state index in [1.165, 1.54) is 13.1 Å². The van der Waals surface area contributed by atoms with Crippen molar-refractivity contribution in [3.63, 3.8) is 0 Å². The summed E-state index contributed by atoms with van der Waals surface area (Å²) in [5, 5.41) is 11.4. The number of nitrogens with one attached hydrogen (secondary N) is 3. The molecule has 0 aromatic carbocycles. The first kappa shape index (κ1) is 7.68. The fraction of sp³-hybridized carbons (Fsp3) is 0.200. The van der Waals surface area contributed by atoms with Crippen LogP contribution in [0.3, 0.4) is 0 Å². The van der Waals surface area contributed by atoms with Crippen LogP contribution in [0.25, 0.3) is 0 Å².